The first-order valence-corrected chi connectivity index (χ1v) is 8.32. The number of carbonyl (C=O) groups is 1. The summed E-state index contributed by atoms with van der Waals surface area (Å²) in [5.74, 6) is -0.337. The van der Waals surface area contributed by atoms with Crippen molar-refractivity contribution in [1.29, 1.82) is 0 Å². The van der Waals surface area contributed by atoms with Crippen LogP contribution >= 0.6 is 23.2 Å². The maximum atomic E-state index is 12.3. The maximum absolute atomic E-state index is 12.3. The third-order valence-electron chi connectivity index (χ3n) is 3.28. The van der Waals surface area contributed by atoms with Gasteiger partial charge in [-0.3, -0.25) is 9.78 Å². The highest BCUT2D eigenvalue weighted by Crippen LogP contribution is 2.25. The second-order valence-corrected chi connectivity index (χ2v) is 6.44. The Kier molecular flexibility index (Phi) is 6.85. The van der Waals surface area contributed by atoms with Gasteiger partial charge in [-0.2, -0.15) is 0 Å². The summed E-state index contributed by atoms with van der Waals surface area (Å²) in [4.78, 5) is 18.6. The summed E-state index contributed by atoms with van der Waals surface area (Å²) in [6.45, 7) is 1.82. The van der Waals surface area contributed by atoms with Crippen LogP contribution in [0, 0.1) is 0 Å². The van der Waals surface area contributed by atoms with Crippen molar-refractivity contribution in [2.45, 2.75) is 6.42 Å². The minimum atomic E-state index is -0.337. The summed E-state index contributed by atoms with van der Waals surface area (Å²) in [6, 6.07) is 8.44. The highest BCUT2D eigenvalue weighted by atomic mass is 35.5. The van der Waals surface area contributed by atoms with Gasteiger partial charge < -0.3 is 15.5 Å². The third-order valence-corrected chi connectivity index (χ3v) is 3.85. The Hall–Kier alpha value is -1.82. The number of anilines is 2. The van der Waals surface area contributed by atoms with Gasteiger partial charge in [-0.05, 0) is 57.4 Å². The van der Waals surface area contributed by atoms with Gasteiger partial charge in [-0.25, -0.2) is 0 Å². The number of amides is 1. The second kappa shape index (κ2) is 8.87. The summed E-state index contributed by atoms with van der Waals surface area (Å²) in [6.07, 6.45) is 2.61. The van der Waals surface area contributed by atoms with Crippen molar-refractivity contribution in [3.8, 4) is 0 Å². The van der Waals surface area contributed by atoms with E-state index < -0.39 is 0 Å². The molecule has 1 aromatic carbocycles. The lowest BCUT2D eigenvalue weighted by Gasteiger charge is -2.11. The summed E-state index contributed by atoms with van der Waals surface area (Å²) in [7, 11) is 4.08. The zero-order chi connectivity index (χ0) is 17.5. The monoisotopic (exact) mass is 366 g/mol. The van der Waals surface area contributed by atoms with Gasteiger partial charge in [0.15, 0.2) is 0 Å². The highest BCUT2D eigenvalue weighted by Gasteiger charge is 2.11. The van der Waals surface area contributed by atoms with Gasteiger partial charge in [-0.1, -0.05) is 23.2 Å². The molecule has 0 unspecified atom stereocenters. The van der Waals surface area contributed by atoms with E-state index in [1.54, 1.807) is 30.5 Å². The number of pyridine rings is 1. The summed E-state index contributed by atoms with van der Waals surface area (Å²) >= 11 is 12.0. The number of halogens is 2. The highest BCUT2D eigenvalue weighted by molar-refractivity contribution is 6.35. The molecule has 7 heteroatoms. The molecular formula is C17H20Cl2N4O. The smallest absolute Gasteiger partial charge is 0.274 e. The van der Waals surface area contributed by atoms with E-state index in [1.165, 1.54) is 0 Å². The number of hydrogen-bond donors (Lipinski definition) is 2. The number of aromatic nitrogens is 1. The molecule has 0 saturated heterocycles. The Morgan fingerprint density at radius 2 is 2.00 bits per heavy atom. The van der Waals surface area contributed by atoms with Crippen LogP contribution in [0.5, 0.6) is 0 Å². The predicted octanol–water partition coefficient (Wildman–Crippen LogP) is 4.00. The van der Waals surface area contributed by atoms with Crippen molar-refractivity contribution in [1.82, 2.24) is 9.88 Å². The fraction of sp³-hybridized carbons (Fsp3) is 0.294. The van der Waals surface area contributed by atoms with Crippen LogP contribution in [0.15, 0.2) is 36.5 Å². The molecule has 128 valence electrons. The lowest BCUT2D eigenvalue weighted by molar-refractivity contribution is 0.102. The zero-order valence-corrected chi connectivity index (χ0v) is 15.2. The predicted molar refractivity (Wildman–Crippen MR) is 100 cm³/mol. The van der Waals surface area contributed by atoms with Crippen LogP contribution in [0.25, 0.3) is 0 Å². The summed E-state index contributed by atoms with van der Waals surface area (Å²) in [5.41, 5.74) is 1.62. The van der Waals surface area contributed by atoms with Gasteiger partial charge >= 0.3 is 0 Å². The number of carbonyl (C=O) groups excluding carboxylic acids is 1. The van der Waals surface area contributed by atoms with E-state index in [-0.39, 0.29) is 5.91 Å². The molecule has 0 radical (unpaired) electrons. The molecule has 0 aliphatic carbocycles. The lowest BCUT2D eigenvalue weighted by Crippen LogP contribution is -2.17. The standard InChI is InChI=1S/C17H20Cl2N4O/c1-23(2)9-3-7-20-13-6-8-21-16(11-13)17(24)22-15-10-12(18)4-5-14(15)19/h4-6,8,10-11H,3,7,9H2,1-2H3,(H,20,21)(H,22,24). The van der Waals surface area contributed by atoms with Crippen molar-refractivity contribution in [2.75, 3.05) is 37.8 Å². The SMILES string of the molecule is CN(C)CCCNc1ccnc(C(=O)Nc2cc(Cl)ccc2Cl)c1. The van der Waals surface area contributed by atoms with E-state index in [0.717, 1.165) is 25.2 Å². The van der Waals surface area contributed by atoms with E-state index in [0.29, 0.717) is 21.4 Å². The van der Waals surface area contributed by atoms with Crippen LogP contribution in [0.1, 0.15) is 16.9 Å². The first kappa shape index (κ1) is 18.5. The molecule has 0 spiro atoms. The molecule has 2 aromatic rings. The molecule has 0 bridgehead atoms. The number of nitrogens with zero attached hydrogens (tertiary/aromatic N) is 2. The molecule has 0 aliphatic heterocycles. The topological polar surface area (TPSA) is 57.3 Å². The molecule has 5 nitrogen and oxygen atoms in total. The molecule has 1 heterocycles. The van der Waals surface area contributed by atoms with Crippen molar-refractivity contribution in [2.24, 2.45) is 0 Å². The fourth-order valence-electron chi connectivity index (χ4n) is 2.07. The quantitative estimate of drug-likeness (QED) is 0.727. The Labute approximate surface area is 152 Å². The first-order chi connectivity index (χ1) is 11.5. The molecule has 1 aromatic heterocycles. The lowest BCUT2D eigenvalue weighted by atomic mass is 10.2. The molecular weight excluding hydrogens is 347 g/mol. The minimum Gasteiger partial charge on any atom is -0.385 e. The number of nitrogens with one attached hydrogen (secondary N) is 2. The van der Waals surface area contributed by atoms with Gasteiger partial charge in [0.2, 0.25) is 0 Å². The van der Waals surface area contributed by atoms with Crippen LogP contribution in [0.2, 0.25) is 10.0 Å². The molecule has 0 aliphatic rings. The van der Waals surface area contributed by atoms with E-state index >= 15 is 0 Å². The average Bonchev–Trinajstić information content (AvgIpc) is 2.55. The van der Waals surface area contributed by atoms with Crippen molar-refractivity contribution >= 4 is 40.5 Å². The van der Waals surface area contributed by atoms with E-state index in [1.807, 2.05) is 20.2 Å². The van der Waals surface area contributed by atoms with Crippen molar-refractivity contribution in [3.63, 3.8) is 0 Å². The van der Waals surface area contributed by atoms with Crippen molar-refractivity contribution < 1.29 is 4.79 Å². The van der Waals surface area contributed by atoms with Crippen LogP contribution in [0.3, 0.4) is 0 Å². The van der Waals surface area contributed by atoms with E-state index in [4.69, 9.17) is 23.2 Å². The zero-order valence-electron chi connectivity index (χ0n) is 13.6. The third kappa shape index (κ3) is 5.67. The molecule has 0 saturated carbocycles. The van der Waals surface area contributed by atoms with Crippen molar-refractivity contribution in [3.05, 3.63) is 52.3 Å². The van der Waals surface area contributed by atoms with Gasteiger partial charge in [0, 0.05) is 23.5 Å². The normalized spacial score (nSPS) is 10.7. The second-order valence-electron chi connectivity index (χ2n) is 5.59. The number of hydrogen-bond acceptors (Lipinski definition) is 4. The van der Waals surface area contributed by atoms with Crippen LogP contribution in [-0.2, 0) is 0 Å². The molecule has 24 heavy (non-hydrogen) atoms. The van der Waals surface area contributed by atoms with E-state index in [2.05, 4.69) is 20.5 Å². The number of benzene rings is 1. The van der Waals surface area contributed by atoms with Crippen LogP contribution in [0.4, 0.5) is 11.4 Å². The van der Waals surface area contributed by atoms with Gasteiger partial charge in [-0.15, -0.1) is 0 Å². The van der Waals surface area contributed by atoms with Gasteiger partial charge in [0.25, 0.3) is 5.91 Å². The van der Waals surface area contributed by atoms with Gasteiger partial charge in [0.1, 0.15) is 5.69 Å². The van der Waals surface area contributed by atoms with Crippen LogP contribution in [-0.4, -0.2) is 43.0 Å². The van der Waals surface area contributed by atoms with Gasteiger partial charge in [0.05, 0.1) is 10.7 Å². The Bertz CT molecular complexity index is 707. The van der Waals surface area contributed by atoms with Crippen LogP contribution < -0.4 is 10.6 Å². The first-order valence-electron chi connectivity index (χ1n) is 7.57. The molecule has 1 amide bonds. The Morgan fingerprint density at radius 1 is 1.21 bits per heavy atom. The summed E-state index contributed by atoms with van der Waals surface area (Å²) < 4.78 is 0. The molecule has 2 rings (SSSR count). The number of rotatable bonds is 7. The molecule has 2 N–H and O–H groups in total. The molecule has 0 fully saturated rings. The Balaban J connectivity index is 1.99. The average molecular weight is 367 g/mol. The maximum Gasteiger partial charge on any atom is 0.274 e. The molecule has 0 atom stereocenters. The summed E-state index contributed by atoms with van der Waals surface area (Å²) in [5, 5.41) is 6.93. The minimum absolute atomic E-state index is 0.309. The van der Waals surface area contributed by atoms with E-state index in [9.17, 15) is 4.79 Å². The Morgan fingerprint density at radius 3 is 2.75 bits per heavy atom. The fourth-order valence-corrected chi connectivity index (χ4v) is 2.41. The largest absolute Gasteiger partial charge is 0.385 e.